The zero-order chi connectivity index (χ0) is 23.9. The Morgan fingerprint density at radius 1 is 0.844 bits per heavy atom. The monoisotopic (exact) mass is 450 g/mol. The molecule has 0 aliphatic heterocycles. The Morgan fingerprint density at radius 2 is 1.31 bits per heavy atom. The fourth-order valence-corrected chi connectivity index (χ4v) is 3.45. The van der Waals surface area contributed by atoms with Gasteiger partial charge >= 0.3 is 5.97 Å². The number of benzene rings is 1. The third kappa shape index (κ3) is 18.7. The summed E-state index contributed by atoms with van der Waals surface area (Å²) in [4.78, 5) is 10.2. The van der Waals surface area contributed by atoms with E-state index in [1.54, 1.807) is 12.1 Å². The maximum absolute atomic E-state index is 10.2. The lowest BCUT2D eigenvalue weighted by Crippen LogP contribution is -1.87. The Labute approximate surface area is 195 Å². The summed E-state index contributed by atoms with van der Waals surface area (Å²) in [5.41, 5.74) is 0.655. The van der Waals surface area contributed by atoms with E-state index in [1.807, 2.05) is 0 Å². The van der Waals surface area contributed by atoms with Gasteiger partial charge in [-0.3, -0.25) is 0 Å². The zero-order valence-corrected chi connectivity index (χ0v) is 20.4. The third-order valence-corrected chi connectivity index (χ3v) is 5.38. The van der Waals surface area contributed by atoms with E-state index in [1.165, 1.54) is 109 Å². The van der Waals surface area contributed by atoms with Crippen LogP contribution in [-0.2, 0) is 4.79 Å². The van der Waals surface area contributed by atoms with Crippen LogP contribution in [0.4, 0.5) is 0 Å². The highest BCUT2D eigenvalue weighted by Gasteiger charge is 2.00. The van der Waals surface area contributed by atoms with Gasteiger partial charge in [0.25, 0.3) is 0 Å². The van der Waals surface area contributed by atoms with Gasteiger partial charge in [-0.15, -0.1) is 0 Å². The Kier molecular flexibility index (Phi) is 20.8. The predicted octanol–water partition coefficient (Wildman–Crippen LogP) is 7.35. The van der Waals surface area contributed by atoms with Gasteiger partial charge in [0.15, 0.2) is 11.5 Å². The molecule has 0 spiro atoms. The molecule has 0 radical (unpaired) electrons. The zero-order valence-electron chi connectivity index (χ0n) is 20.4. The predicted molar refractivity (Wildman–Crippen MR) is 133 cm³/mol. The fourth-order valence-electron chi connectivity index (χ4n) is 3.45. The molecule has 0 amide bonds. The molecule has 1 aromatic carbocycles. The molecule has 0 saturated heterocycles. The molecule has 32 heavy (non-hydrogen) atoms. The van der Waals surface area contributed by atoms with E-state index in [0.29, 0.717) is 17.9 Å². The molecule has 0 atom stereocenters. The smallest absolute Gasteiger partial charge is 0.328 e. The minimum atomic E-state index is -1.02. The van der Waals surface area contributed by atoms with Gasteiger partial charge in [-0.1, -0.05) is 103 Å². The van der Waals surface area contributed by atoms with Gasteiger partial charge in [-0.25, -0.2) is 4.79 Å². The maximum atomic E-state index is 10.2. The van der Waals surface area contributed by atoms with E-state index in [0.717, 1.165) is 12.5 Å². The van der Waals surface area contributed by atoms with E-state index in [9.17, 15) is 9.90 Å². The first-order valence-electron chi connectivity index (χ1n) is 12.4. The lowest BCUT2D eigenvalue weighted by Gasteiger charge is -2.03. The van der Waals surface area contributed by atoms with Crippen molar-refractivity contribution in [2.75, 3.05) is 13.7 Å². The Bertz CT molecular complexity index is 582. The van der Waals surface area contributed by atoms with Crippen molar-refractivity contribution in [3.05, 3.63) is 29.8 Å². The van der Waals surface area contributed by atoms with Crippen LogP contribution in [0.25, 0.3) is 6.08 Å². The van der Waals surface area contributed by atoms with Gasteiger partial charge in [0.05, 0.1) is 7.11 Å². The van der Waals surface area contributed by atoms with Gasteiger partial charge in [-0.2, -0.15) is 0 Å². The van der Waals surface area contributed by atoms with Crippen molar-refractivity contribution in [2.45, 2.75) is 103 Å². The van der Waals surface area contributed by atoms with E-state index in [-0.39, 0.29) is 5.75 Å². The molecule has 184 valence electrons. The van der Waals surface area contributed by atoms with Crippen LogP contribution in [0.5, 0.6) is 11.5 Å². The third-order valence-electron chi connectivity index (χ3n) is 5.38. The van der Waals surface area contributed by atoms with Crippen molar-refractivity contribution in [1.82, 2.24) is 0 Å². The number of unbranched alkanes of at least 4 members (excludes halogenated alkanes) is 14. The summed E-state index contributed by atoms with van der Waals surface area (Å²) < 4.78 is 4.86. The van der Waals surface area contributed by atoms with E-state index in [4.69, 9.17) is 14.9 Å². The quantitative estimate of drug-likeness (QED) is 0.161. The molecule has 0 fully saturated rings. The van der Waals surface area contributed by atoms with Crippen LogP contribution in [0.1, 0.15) is 109 Å². The number of ether oxygens (including phenoxy) is 1. The van der Waals surface area contributed by atoms with Crippen LogP contribution >= 0.6 is 0 Å². The van der Waals surface area contributed by atoms with Crippen LogP contribution < -0.4 is 4.74 Å². The van der Waals surface area contributed by atoms with Crippen LogP contribution in [0, 0.1) is 0 Å². The Balaban J connectivity index is 0.000000618. The van der Waals surface area contributed by atoms with Crippen LogP contribution in [0.2, 0.25) is 0 Å². The average molecular weight is 451 g/mol. The number of methoxy groups -OCH3 is 1. The summed E-state index contributed by atoms with van der Waals surface area (Å²) in [7, 11) is 1.43. The van der Waals surface area contributed by atoms with Crippen LogP contribution in [-0.4, -0.2) is 35.0 Å². The number of aliphatic carboxylic acids is 1. The van der Waals surface area contributed by atoms with Crippen molar-refractivity contribution in [1.29, 1.82) is 0 Å². The molecule has 3 N–H and O–H groups in total. The molecule has 0 bridgehead atoms. The molecule has 0 saturated carbocycles. The molecule has 5 nitrogen and oxygen atoms in total. The molecule has 0 aliphatic carbocycles. The number of carbonyl (C=O) groups is 1. The number of hydrogen-bond donors (Lipinski definition) is 3. The summed E-state index contributed by atoms with van der Waals surface area (Å²) in [6.45, 7) is 2.65. The van der Waals surface area contributed by atoms with E-state index >= 15 is 0 Å². The van der Waals surface area contributed by atoms with E-state index in [2.05, 4.69) is 6.92 Å². The first-order valence-corrected chi connectivity index (χ1v) is 12.4. The van der Waals surface area contributed by atoms with E-state index < -0.39 is 5.97 Å². The number of phenolic OH excluding ortho intramolecular Hbond substituents is 1. The van der Waals surface area contributed by atoms with Crippen LogP contribution in [0.15, 0.2) is 24.3 Å². The number of aromatic hydroxyl groups is 1. The van der Waals surface area contributed by atoms with Crippen molar-refractivity contribution in [3.8, 4) is 11.5 Å². The summed E-state index contributed by atoms with van der Waals surface area (Å²) in [6.07, 6.45) is 23.1. The van der Waals surface area contributed by atoms with Crippen LogP contribution in [0.3, 0.4) is 0 Å². The summed E-state index contributed by atoms with van der Waals surface area (Å²) in [5.74, 6) is -0.672. The molecule has 1 rings (SSSR count). The van der Waals surface area contributed by atoms with Crippen molar-refractivity contribution in [3.63, 3.8) is 0 Å². The maximum Gasteiger partial charge on any atom is 0.328 e. The second-order valence-electron chi connectivity index (χ2n) is 8.28. The largest absolute Gasteiger partial charge is 0.504 e. The molecule has 0 aromatic heterocycles. The molecule has 0 unspecified atom stereocenters. The molecule has 0 heterocycles. The minimum Gasteiger partial charge on any atom is -0.504 e. The van der Waals surface area contributed by atoms with Gasteiger partial charge < -0.3 is 20.1 Å². The number of aliphatic hydroxyl groups is 1. The Hall–Kier alpha value is -2.01. The second kappa shape index (κ2) is 22.2. The number of aliphatic hydroxyl groups excluding tert-OH is 1. The number of rotatable bonds is 18. The average Bonchev–Trinajstić information content (AvgIpc) is 2.79. The topological polar surface area (TPSA) is 87.0 Å². The lowest BCUT2D eigenvalue weighted by molar-refractivity contribution is -0.131. The molecular formula is C27H46O5. The van der Waals surface area contributed by atoms with Crippen molar-refractivity contribution >= 4 is 12.0 Å². The highest BCUT2D eigenvalue weighted by atomic mass is 16.5. The molecule has 1 aromatic rings. The normalized spacial score (nSPS) is 10.7. The number of carboxylic acid groups (broad SMARTS) is 1. The molecular weight excluding hydrogens is 404 g/mol. The molecule has 0 aliphatic rings. The van der Waals surface area contributed by atoms with Gasteiger partial charge in [0.2, 0.25) is 0 Å². The molecule has 5 heteroatoms. The number of carboxylic acids is 1. The van der Waals surface area contributed by atoms with Crippen molar-refractivity contribution in [2.24, 2.45) is 0 Å². The lowest BCUT2D eigenvalue weighted by atomic mass is 10.0. The van der Waals surface area contributed by atoms with Gasteiger partial charge in [-0.05, 0) is 30.2 Å². The highest BCUT2D eigenvalue weighted by molar-refractivity contribution is 5.85. The highest BCUT2D eigenvalue weighted by Crippen LogP contribution is 2.26. The SMILES string of the molecule is CCCCCCCCCCCCCCCCCO.COc1cc(C=CC(=O)O)ccc1O. The number of phenols is 1. The first-order chi connectivity index (χ1) is 15.5. The summed E-state index contributed by atoms with van der Waals surface area (Å²) in [5, 5.41) is 26.3. The first kappa shape index (κ1) is 30.0. The summed E-state index contributed by atoms with van der Waals surface area (Å²) in [6, 6.07) is 4.59. The van der Waals surface area contributed by atoms with Gasteiger partial charge in [0, 0.05) is 12.7 Å². The standard InChI is InChI=1S/C17H36O.C10H10O4/c1-2-3-4-5-6-7-8-9-10-11-12-13-14-15-16-17-18;1-14-9-6-7(2-4-8(9)11)3-5-10(12)13/h18H,2-17H2,1H3;2-6,11H,1H3,(H,12,13). The number of hydrogen-bond acceptors (Lipinski definition) is 4. The second-order valence-corrected chi connectivity index (χ2v) is 8.28. The Morgan fingerprint density at radius 3 is 1.72 bits per heavy atom. The van der Waals surface area contributed by atoms with Gasteiger partial charge in [0.1, 0.15) is 0 Å². The van der Waals surface area contributed by atoms with Crippen molar-refractivity contribution < 1.29 is 24.9 Å². The fraction of sp³-hybridized carbons (Fsp3) is 0.667. The summed E-state index contributed by atoms with van der Waals surface area (Å²) >= 11 is 0. The minimum absolute atomic E-state index is 0.0278.